The Labute approximate surface area is 80.8 Å². The van der Waals surface area contributed by atoms with Crippen molar-refractivity contribution in [2.45, 2.75) is 19.3 Å². The molecule has 0 fully saturated rings. The Bertz CT molecular complexity index is 81.7. The molecule has 0 aliphatic carbocycles. The highest BCUT2D eigenvalue weighted by molar-refractivity contribution is 4.44. The molecule has 0 aromatic rings. The van der Waals surface area contributed by atoms with E-state index in [2.05, 4.69) is 5.32 Å². The van der Waals surface area contributed by atoms with Gasteiger partial charge in [0.2, 0.25) is 0 Å². The number of unbranched alkanes of at least 4 members (excludes halogenated alkanes) is 1. The van der Waals surface area contributed by atoms with Crippen LogP contribution >= 0.6 is 0 Å². The molecule has 0 aromatic heterocycles. The molecular formula is C9H22N2O2. The van der Waals surface area contributed by atoms with Gasteiger partial charge in [-0.3, -0.25) is 5.32 Å². The van der Waals surface area contributed by atoms with Gasteiger partial charge in [0, 0.05) is 13.7 Å². The van der Waals surface area contributed by atoms with Crippen molar-refractivity contribution in [3.8, 4) is 0 Å². The summed E-state index contributed by atoms with van der Waals surface area (Å²) in [5.41, 5.74) is 5.35. The van der Waals surface area contributed by atoms with Crippen LogP contribution in [0.25, 0.3) is 0 Å². The molecule has 4 nitrogen and oxygen atoms in total. The van der Waals surface area contributed by atoms with Gasteiger partial charge in [-0.15, -0.1) is 0 Å². The Hall–Kier alpha value is -0.160. The molecule has 0 spiro atoms. The molecule has 0 atom stereocenters. The van der Waals surface area contributed by atoms with E-state index in [0.29, 0.717) is 6.73 Å². The Balaban J connectivity index is 2.76. The highest BCUT2D eigenvalue weighted by atomic mass is 16.5. The van der Waals surface area contributed by atoms with Crippen molar-refractivity contribution in [2.24, 2.45) is 5.73 Å². The van der Waals surface area contributed by atoms with Crippen molar-refractivity contribution in [3.63, 3.8) is 0 Å². The predicted molar refractivity (Wildman–Crippen MR) is 53.6 cm³/mol. The summed E-state index contributed by atoms with van der Waals surface area (Å²) in [4.78, 5) is 0. The Kier molecular flexibility index (Phi) is 11.7. The SMILES string of the molecule is COCCCOCNCCCCN. The molecule has 4 heteroatoms. The Morgan fingerprint density at radius 3 is 2.69 bits per heavy atom. The molecule has 0 aromatic carbocycles. The molecule has 0 saturated heterocycles. The van der Waals surface area contributed by atoms with Crippen molar-refractivity contribution in [3.05, 3.63) is 0 Å². The summed E-state index contributed by atoms with van der Waals surface area (Å²) in [6, 6.07) is 0. The molecule has 0 saturated carbocycles. The van der Waals surface area contributed by atoms with Gasteiger partial charge in [-0.05, 0) is 32.4 Å². The van der Waals surface area contributed by atoms with E-state index in [9.17, 15) is 0 Å². The van der Waals surface area contributed by atoms with E-state index in [-0.39, 0.29) is 0 Å². The van der Waals surface area contributed by atoms with Gasteiger partial charge < -0.3 is 15.2 Å². The summed E-state index contributed by atoms with van der Waals surface area (Å²) in [5, 5.41) is 3.18. The van der Waals surface area contributed by atoms with Gasteiger partial charge in [-0.1, -0.05) is 0 Å². The predicted octanol–water partition coefficient (Wildman–Crippen LogP) is 0.326. The molecule has 0 heterocycles. The van der Waals surface area contributed by atoms with Crippen LogP contribution in [0, 0.1) is 0 Å². The molecular weight excluding hydrogens is 168 g/mol. The van der Waals surface area contributed by atoms with E-state index >= 15 is 0 Å². The summed E-state index contributed by atoms with van der Waals surface area (Å²) in [6.45, 7) is 3.93. The van der Waals surface area contributed by atoms with E-state index in [1.807, 2.05) is 0 Å². The van der Waals surface area contributed by atoms with E-state index < -0.39 is 0 Å². The lowest BCUT2D eigenvalue weighted by Crippen LogP contribution is -2.20. The van der Waals surface area contributed by atoms with Crippen LogP contribution in [-0.2, 0) is 9.47 Å². The lowest BCUT2D eigenvalue weighted by Gasteiger charge is -2.05. The smallest absolute Gasteiger partial charge is 0.0965 e. The molecule has 0 bridgehead atoms. The van der Waals surface area contributed by atoms with Gasteiger partial charge in [0.05, 0.1) is 13.3 Å². The first kappa shape index (κ1) is 12.8. The zero-order chi connectivity index (χ0) is 9.78. The first-order chi connectivity index (χ1) is 6.41. The first-order valence-corrected chi connectivity index (χ1v) is 4.89. The number of hydrogen-bond acceptors (Lipinski definition) is 4. The summed E-state index contributed by atoms with van der Waals surface area (Å²) >= 11 is 0. The van der Waals surface area contributed by atoms with E-state index in [1.165, 1.54) is 0 Å². The van der Waals surface area contributed by atoms with Crippen molar-refractivity contribution in [1.82, 2.24) is 5.32 Å². The molecule has 0 amide bonds. The lowest BCUT2D eigenvalue weighted by atomic mass is 10.3. The third-order valence-corrected chi connectivity index (χ3v) is 1.65. The number of rotatable bonds is 10. The number of ether oxygens (including phenoxy) is 2. The third kappa shape index (κ3) is 11.8. The minimum atomic E-state index is 0.633. The quantitative estimate of drug-likeness (QED) is 0.385. The highest BCUT2D eigenvalue weighted by Gasteiger charge is 1.88. The zero-order valence-corrected chi connectivity index (χ0v) is 8.55. The van der Waals surface area contributed by atoms with Gasteiger partial charge in [-0.2, -0.15) is 0 Å². The largest absolute Gasteiger partial charge is 0.385 e. The van der Waals surface area contributed by atoms with Crippen molar-refractivity contribution >= 4 is 0 Å². The maximum Gasteiger partial charge on any atom is 0.0965 e. The number of nitrogens with one attached hydrogen (secondary N) is 1. The fraction of sp³-hybridized carbons (Fsp3) is 1.00. The number of nitrogens with two attached hydrogens (primary N) is 1. The normalized spacial score (nSPS) is 10.6. The van der Waals surface area contributed by atoms with Crippen LogP contribution in [0.1, 0.15) is 19.3 Å². The fourth-order valence-corrected chi connectivity index (χ4v) is 0.916. The van der Waals surface area contributed by atoms with Crippen LogP contribution in [0.15, 0.2) is 0 Å². The molecule has 0 rings (SSSR count). The second kappa shape index (κ2) is 11.8. The topological polar surface area (TPSA) is 56.5 Å². The summed E-state index contributed by atoms with van der Waals surface area (Å²) < 4.78 is 10.2. The van der Waals surface area contributed by atoms with Gasteiger partial charge in [0.15, 0.2) is 0 Å². The van der Waals surface area contributed by atoms with Crippen LogP contribution < -0.4 is 11.1 Å². The molecule has 13 heavy (non-hydrogen) atoms. The molecule has 0 aliphatic rings. The Morgan fingerprint density at radius 2 is 2.00 bits per heavy atom. The van der Waals surface area contributed by atoms with Gasteiger partial charge >= 0.3 is 0 Å². The number of hydrogen-bond donors (Lipinski definition) is 2. The second-order valence-corrected chi connectivity index (χ2v) is 2.89. The monoisotopic (exact) mass is 190 g/mol. The highest BCUT2D eigenvalue weighted by Crippen LogP contribution is 1.84. The summed E-state index contributed by atoms with van der Waals surface area (Å²) in [6.07, 6.45) is 3.16. The van der Waals surface area contributed by atoms with Crippen LogP contribution in [0.3, 0.4) is 0 Å². The van der Waals surface area contributed by atoms with E-state index in [1.54, 1.807) is 7.11 Å². The fourth-order valence-electron chi connectivity index (χ4n) is 0.916. The van der Waals surface area contributed by atoms with Crippen molar-refractivity contribution in [1.29, 1.82) is 0 Å². The molecule has 3 N–H and O–H groups in total. The van der Waals surface area contributed by atoms with E-state index in [4.69, 9.17) is 15.2 Å². The summed E-state index contributed by atoms with van der Waals surface area (Å²) in [7, 11) is 1.70. The molecule has 80 valence electrons. The minimum Gasteiger partial charge on any atom is -0.385 e. The lowest BCUT2D eigenvalue weighted by molar-refractivity contribution is 0.0908. The second-order valence-electron chi connectivity index (χ2n) is 2.89. The average Bonchev–Trinajstić information content (AvgIpc) is 2.16. The van der Waals surface area contributed by atoms with Crippen LogP contribution in [-0.4, -0.2) is 40.1 Å². The van der Waals surface area contributed by atoms with Gasteiger partial charge in [0.1, 0.15) is 0 Å². The van der Waals surface area contributed by atoms with Crippen molar-refractivity contribution in [2.75, 3.05) is 40.1 Å². The van der Waals surface area contributed by atoms with Gasteiger partial charge in [0.25, 0.3) is 0 Å². The molecule has 0 radical (unpaired) electrons. The molecule has 0 unspecified atom stereocenters. The van der Waals surface area contributed by atoms with Crippen LogP contribution in [0.5, 0.6) is 0 Å². The summed E-state index contributed by atoms with van der Waals surface area (Å²) in [5.74, 6) is 0. The first-order valence-electron chi connectivity index (χ1n) is 4.89. The van der Waals surface area contributed by atoms with Crippen LogP contribution in [0.4, 0.5) is 0 Å². The third-order valence-electron chi connectivity index (χ3n) is 1.65. The van der Waals surface area contributed by atoms with Crippen LogP contribution in [0.2, 0.25) is 0 Å². The van der Waals surface area contributed by atoms with E-state index in [0.717, 1.165) is 45.6 Å². The Morgan fingerprint density at radius 1 is 1.15 bits per heavy atom. The zero-order valence-electron chi connectivity index (χ0n) is 8.55. The van der Waals surface area contributed by atoms with Gasteiger partial charge in [-0.25, -0.2) is 0 Å². The maximum absolute atomic E-state index is 5.35. The maximum atomic E-state index is 5.35. The molecule has 0 aliphatic heterocycles. The average molecular weight is 190 g/mol. The standard InChI is InChI=1S/C9H22N2O2/c1-12-7-4-8-13-9-11-6-3-2-5-10/h11H,2-10H2,1H3. The van der Waals surface area contributed by atoms with Crippen molar-refractivity contribution < 1.29 is 9.47 Å². The minimum absolute atomic E-state index is 0.633. The number of methoxy groups -OCH3 is 1.